The zero-order valence-electron chi connectivity index (χ0n) is 10.2. The Morgan fingerprint density at radius 3 is 2.32 bits per heavy atom. The number of hydrogen-bond acceptors (Lipinski definition) is 5. The van der Waals surface area contributed by atoms with Crippen LogP contribution in [0.25, 0.3) is 0 Å². The molecule has 0 radical (unpaired) electrons. The second kappa shape index (κ2) is 5.45. The van der Waals surface area contributed by atoms with Gasteiger partial charge in [0.25, 0.3) is 5.69 Å². The normalized spacial score (nSPS) is 11.9. The number of benzene rings is 1. The van der Waals surface area contributed by atoms with E-state index in [4.69, 9.17) is 4.74 Å². The van der Waals surface area contributed by atoms with Gasteiger partial charge in [0, 0.05) is 12.1 Å². The highest BCUT2D eigenvalue weighted by atomic mass is 16.6. The van der Waals surface area contributed by atoms with E-state index in [1.807, 2.05) is 0 Å². The fraction of sp³-hybridized carbons (Fsp3) is 0.154. The zero-order chi connectivity index (χ0) is 13.8. The lowest BCUT2D eigenvalue weighted by Crippen LogP contribution is -1.95. The van der Waals surface area contributed by atoms with E-state index in [0.29, 0.717) is 17.2 Å². The molecule has 1 atom stereocenters. The minimum atomic E-state index is -0.631. The molecule has 19 heavy (non-hydrogen) atoms. The molecule has 0 unspecified atom stereocenters. The summed E-state index contributed by atoms with van der Waals surface area (Å²) in [4.78, 5) is 14.1. The highest BCUT2D eigenvalue weighted by molar-refractivity contribution is 5.38. The van der Waals surface area contributed by atoms with Gasteiger partial charge in [-0.2, -0.15) is 0 Å². The van der Waals surface area contributed by atoms with Crippen LogP contribution in [0.15, 0.2) is 42.6 Å². The molecule has 0 saturated carbocycles. The molecule has 0 spiro atoms. The van der Waals surface area contributed by atoms with Crippen molar-refractivity contribution >= 4 is 5.69 Å². The molecular formula is C13H12N2O4. The summed E-state index contributed by atoms with van der Waals surface area (Å²) in [5, 5.41) is 19.8. The summed E-state index contributed by atoms with van der Waals surface area (Å²) in [6, 6.07) is 9.10. The molecule has 6 nitrogen and oxygen atoms in total. The fourth-order valence-electron chi connectivity index (χ4n) is 1.47. The first-order chi connectivity index (χ1) is 9.06. The molecule has 1 aromatic carbocycles. The number of nitrogens with zero attached hydrogens (tertiary/aromatic N) is 2. The van der Waals surface area contributed by atoms with Crippen LogP contribution in [0.4, 0.5) is 5.69 Å². The molecule has 98 valence electrons. The molecule has 0 saturated heterocycles. The Morgan fingerprint density at radius 1 is 1.21 bits per heavy atom. The van der Waals surface area contributed by atoms with E-state index >= 15 is 0 Å². The van der Waals surface area contributed by atoms with Crippen molar-refractivity contribution in [2.45, 2.75) is 13.0 Å². The Hall–Kier alpha value is -2.47. The van der Waals surface area contributed by atoms with Gasteiger partial charge in [0.05, 0.1) is 22.9 Å². The van der Waals surface area contributed by atoms with Gasteiger partial charge in [0.15, 0.2) is 0 Å². The highest BCUT2D eigenvalue weighted by Gasteiger charge is 2.06. The molecule has 1 N–H and O–H groups in total. The predicted molar refractivity (Wildman–Crippen MR) is 68.0 cm³/mol. The van der Waals surface area contributed by atoms with Gasteiger partial charge in [-0.25, -0.2) is 0 Å². The number of hydrogen-bond donors (Lipinski definition) is 1. The van der Waals surface area contributed by atoms with Crippen LogP contribution in [-0.2, 0) is 0 Å². The van der Waals surface area contributed by atoms with E-state index in [9.17, 15) is 15.2 Å². The summed E-state index contributed by atoms with van der Waals surface area (Å²) in [5.41, 5.74) is 0.561. The van der Waals surface area contributed by atoms with Crippen LogP contribution in [0.2, 0.25) is 0 Å². The number of aliphatic hydroxyl groups is 1. The number of pyridine rings is 1. The topological polar surface area (TPSA) is 85.5 Å². The summed E-state index contributed by atoms with van der Waals surface area (Å²) in [5.74, 6) is 0.982. The van der Waals surface area contributed by atoms with Gasteiger partial charge >= 0.3 is 0 Å². The maximum absolute atomic E-state index is 10.5. The van der Waals surface area contributed by atoms with E-state index in [2.05, 4.69) is 4.98 Å². The van der Waals surface area contributed by atoms with Gasteiger partial charge in [-0.3, -0.25) is 15.1 Å². The van der Waals surface area contributed by atoms with Crippen molar-refractivity contribution in [2.75, 3.05) is 0 Å². The molecule has 0 bridgehead atoms. The number of aliphatic hydroxyl groups excluding tert-OH is 1. The third kappa shape index (κ3) is 3.26. The van der Waals surface area contributed by atoms with Crippen molar-refractivity contribution in [3.63, 3.8) is 0 Å². The zero-order valence-corrected chi connectivity index (χ0v) is 10.2. The molecule has 6 heteroatoms. The third-order valence-corrected chi connectivity index (χ3v) is 2.47. The van der Waals surface area contributed by atoms with Gasteiger partial charge in [-0.15, -0.1) is 0 Å². The van der Waals surface area contributed by atoms with Crippen LogP contribution in [0.5, 0.6) is 11.5 Å². The Kier molecular flexibility index (Phi) is 3.72. The fourth-order valence-corrected chi connectivity index (χ4v) is 1.47. The molecule has 0 aliphatic rings. The van der Waals surface area contributed by atoms with Crippen LogP contribution in [-0.4, -0.2) is 15.0 Å². The lowest BCUT2D eigenvalue weighted by atomic mass is 10.2. The second-order valence-corrected chi connectivity index (χ2v) is 3.95. The molecule has 2 aromatic rings. The minimum Gasteiger partial charge on any atom is -0.456 e. The van der Waals surface area contributed by atoms with Crippen LogP contribution in [0, 0.1) is 10.1 Å². The molecule has 0 aliphatic carbocycles. The smallest absolute Gasteiger partial charge is 0.269 e. The highest BCUT2D eigenvalue weighted by Crippen LogP contribution is 2.23. The monoisotopic (exact) mass is 260 g/mol. The summed E-state index contributed by atoms with van der Waals surface area (Å²) >= 11 is 0. The summed E-state index contributed by atoms with van der Waals surface area (Å²) < 4.78 is 5.48. The van der Waals surface area contributed by atoms with Crippen molar-refractivity contribution in [1.29, 1.82) is 0 Å². The molecule has 0 aliphatic heterocycles. The Balaban J connectivity index is 2.10. The van der Waals surface area contributed by atoms with Gasteiger partial charge < -0.3 is 9.84 Å². The van der Waals surface area contributed by atoms with Crippen LogP contribution < -0.4 is 4.74 Å². The minimum absolute atomic E-state index is 0.00919. The lowest BCUT2D eigenvalue weighted by Gasteiger charge is -2.07. The molecule has 1 heterocycles. The largest absolute Gasteiger partial charge is 0.456 e. The Labute approximate surface area is 109 Å². The number of nitro benzene ring substituents is 1. The number of nitro groups is 1. The standard InChI is InChI=1S/C13H12N2O4/c1-9(16)13-7-6-12(8-14-13)19-11-4-2-10(3-5-11)15(17)18/h2-9,16H,1H3/t9-/m1/s1. The SMILES string of the molecule is C[C@@H](O)c1ccc(Oc2ccc([N+](=O)[O-])cc2)cn1. The first-order valence-electron chi connectivity index (χ1n) is 5.62. The van der Waals surface area contributed by atoms with E-state index < -0.39 is 11.0 Å². The van der Waals surface area contributed by atoms with Crippen molar-refractivity contribution in [3.05, 3.63) is 58.4 Å². The van der Waals surface area contributed by atoms with Crippen LogP contribution >= 0.6 is 0 Å². The van der Waals surface area contributed by atoms with Crippen molar-refractivity contribution in [2.24, 2.45) is 0 Å². The van der Waals surface area contributed by atoms with Gasteiger partial charge in [0.1, 0.15) is 11.5 Å². The number of aromatic nitrogens is 1. The van der Waals surface area contributed by atoms with Crippen molar-refractivity contribution in [3.8, 4) is 11.5 Å². The van der Waals surface area contributed by atoms with E-state index in [1.165, 1.54) is 30.5 Å². The lowest BCUT2D eigenvalue weighted by molar-refractivity contribution is -0.384. The summed E-state index contributed by atoms with van der Waals surface area (Å²) in [7, 11) is 0. The third-order valence-electron chi connectivity index (χ3n) is 2.47. The van der Waals surface area contributed by atoms with Gasteiger partial charge in [-0.1, -0.05) is 0 Å². The Morgan fingerprint density at radius 2 is 1.84 bits per heavy atom. The van der Waals surface area contributed by atoms with E-state index in [0.717, 1.165) is 0 Å². The first kappa shape index (κ1) is 13.0. The predicted octanol–water partition coefficient (Wildman–Crippen LogP) is 2.84. The number of ether oxygens (including phenoxy) is 1. The summed E-state index contributed by atoms with van der Waals surface area (Å²) in [6.45, 7) is 1.62. The first-order valence-corrected chi connectivity index (χ1v) is 5.62. The van der Waals surface area contributed by atoms with Crippen LogP contribution in [0.1, 0.15) is 18.7 Å². The average molecular weight is 260 g/mol. The second-order valence-electron chi connectivity index (χ2n) is 3.95. The van der Waals surface area contributed by atoms with Crippen LogP contribution in [0.3, 0.4) is 0 Å². The van der Waals surface area contributed by atoms with Gasteiger partial charge in [0.2, 0.25) is 0 Å². The maximum atomic E-state index is 10.5. The maximum Gasteiger partial charge on any atom is 0.269 e. The Bertz CT molecular complexity index is 564. The molecule has 2 rings (SSSR count). The number of non-ortho nitro benzene ring substituents is 1. The molecule has 1 aromatic heterocycles. The van der Waals surface area contributed by atoms with E-state index in [-0.39, 0.29) is 5.69 Å². The van der Waals surface area contributed by atoms with Crippen molar-refractivity contribution in [1.82, 2.24) is 4.98 Å². The molecule has 0 amide bonds. The summed E-state index contributed by atoms with van der Waals surface area (Å²) in [6.07, 6.45) is 0.858. The molecular weight excluding hydrogens is 248 g/mol. The van der Waals surface area contributed by atoms with E-state index in [1.54, 1.807) is 19.1 Å². The number of rotatable bonds is 4. The van der Waals surface area contributed by atoms with Gasteiger partial charge in [-0.05, 0) is 31.2 Å². The average Bonchev–Trinajstić information content (AvgIpc) is 2.40. The quantitative estimate of drug-likeness (QED) is 0.674. The molecule has 0 fully saturated rings. The van der Waals surface area contributed by atoms with Crippen molar-refractivity contribution < 1.29 is 14.8 Å².